The average Bonchev–Trinajstić information content (AvgIpc) is 3.19. The highest BCUT2D eigenvalue weighted by molar-refractivity contribution is 7.89. The van der Waals surface area contributed by atoms with E-state index in [4.69, 9.17) is 0 Å². The molecule has 1 unspecified atom stereocenters. The molecular weight excluding hydrogens is 374 g/mol. The van der Waals surface area contributed by atoms with E-state index in [1.165, 1.54) is 12.1 Å². The number of benzene rings is 1. The highest BCUT2D eigenvalue weighted by Gasteiger charge is 2.57. The first-order chi connectivity index (χ1) is 11.6. The Bertz CT molecular complexity index is 768. The lowest BCUT2D eigenvalue weighted by atomic mass is 9.92. The van der Waals surface area contributed by atoms with Gasteiger partial charge >= 0.3 is 0 Å². The van der Waals surface area contributed by atoms with Crippen LogP contribution in [0, 0.1) is 11.3 Å². The molecule has 26 heavy (non-hydrogen) atoms. The van der Waals surface area contributed by atoms with Gasteiger partial charge in [-0.15, -0.1) is 12.4 Å². The van der Waals surface area contributed by atoms with Gasteiger partial charge < -0.3 is 10.6 Å². The molecule has 1 heterocycles. The Hall–Kier alpha value is -1.15. The molecule has 1 spiro atoms. The van der Waals surface area contributed by atoms with Crippen molar-refractivity contribution in [2.75, 3.05) is 18.4 Å². The van der Waals surface area contributed by atoms with Crippen molar-refractivity contribution in [3.05, 3.63) is 24.3 Å². The fourth-order valence-electron chi connectivity index (χ4n) is 3.63. The third kappa shape index (κ3) is 4.76. The zero-order chi connectivity index (χ0) is 18.3. The lowest BCUT2D eigenvalue weighted by Crippen LogP contribution is -2.40. The normalized spacial score (nSPS) is 21.7. The summed E-state index contributed by atoms with van der Waals surface area (Å²) in [7, 11) is -3.62. The van der Waals surface area contributed by atoms with Crippen molar-refractivity contribution in [1.82, 2.24) is 10.0 Å². The Labute approximate surface area is 162 Å². The fraction of sp³-hybridized carbons (Fsp3) is 0.611. The number of halogens is 1. The summed E-state index contributed by atoms with van der Waals surface area (Å²) in [5.74, 6) is 0.0443. The topological polar surface area (TPSA) is 87.3 Å². The minimum atomic E-state index is -3.62. The smallest absolute Gasteiger partial charge is 0.241 e. The van der Waals surface area contributed by atoms with Gasteiger partial charge in [-0.3, -0.25) is 4.79 Å². The Balaban J connectivity index is 0.00000243. The zero-order valence-electron chi connectivity index (χ0n) is 15.5. The lowest BCUT2D eigenvalue weighted by molar-refractivity contribution is -0.118. The van der Waals surface area contributed by atoms with Crippen LogP contribution in [0.15, 0.2) is 29.2 Å². The molecule has 8 heteroatoms. The van der Waals surface area contributed by atoms with Crippen molar-refractivity contribution in [3.63, 3.8) is 0 Å². The van der Waals surface area contributed by atoms with E-state index in [2.05, 4.69) is 15.4 Å². The number of hydrogen-bond donors (Lipinski definition) is 3. The average molecular weight is 402 g/mol. The molecule has 1 aliphatic carbocycles. The molecule has 0 aromatic heterocycles. The van der Waals surface area contributed by atoms with E-state index in [1.807, 2.05) is 0 Å². The fourth-order valence-corrected chi connectivity index (χ4v) is 5.09. The van der Waals surface area contributed by atoms with E-state index >= 15 is 0 Å². The molecule has 1 amide bonds. The number of nitrogens with one attached hydrogen (secondary N) is 3. The Morgan fingerprint density at radius 2 is 1.88 bits per heavy atom. The molecule has 6 nitrogen and oxygen atoms in total. The van der Waals surface area contributed by atoms with Crippen molar-refractivity contribution in [2.45, 2.75) is 50.5 Å². The van der Waals surface area contributed by atoms with Crippen LogP contribution in [-0.2, 0) is 14.8 Å². The molecule has 0 bridgehead atoms. The highest BCUT2D eigenvalue weighted by atomic mass is 35.5. The monoisotopic (exact) mass is 401 g/mol. The maximum atomic E-state index is 12.5. The highest BCUT2D eigenvalue weighted by Crippen LogP contribution is 2.58. The number of amides is 1. The predicted molar refractivity (Wildman–Crippen MR) is 105 cm³/mol. The van der Waals surface area contributed by atoms with Crippen LogP contribution in [0.5, 0.6) is 0 Å². The van der Waals surface area contributed by atoms with E-state index in [0.717, 1.165) is 32.4 Å². The van der Waals surface area contributed by atoms with Gasteiger partial charge in [0.15, 0.2) is 0 Å². The lowest BCUT2D eigenvalue weighted by Gasteiger charge is -2.23. The van der Waals surface area contributed by atoms with Gasteiger partial charge in [0.2, 0.25) is 15.9 Å². The van der Waals surface area contributed by atoms with Gasteiger partial charge in [-0.05, 0) is 76.7 Å². The first kappa shape index (κ1) is 21.2. The van der Waals surface area contributed by atoms with E-state index in [0.29, 0.717) is 5.69 Å². The van der Waals surface area contributed by atoms with Crippen LogP contribution in [0.3, 0.4) is 0 Å². The van der Waals surface area contributed by atoms with E-state index in [1.54, 1.807) is 32.9 Å². The summed E-state index contributed by atoms with van der Waals surface area (Å²) in [5.41, 5.74) is 0.123. The summed E-state index contributed by atoms with van der Waals surface area (Å²) in [6.07, 6.45) is 3.01. The Morgan fingerprint density at radius 3 is 2.50 bits per heavy atom. The summed E-state index contributed by atoms with van der Waals surface area (Å²) < 4.78 is 27.5. The third-order valence-electron chi connectivity index (χ3n) is 4.96. The Kier molecular flexibility index (Phi) is 6.07. The number of piperidine rings is 1. The van der Waals surface area contributed by atoms with Crippen LogP contribution in [0.2, 0.25) is 0 Å². The van der Waals surface area contributed by atoms with Crippen LogP contribution in [-0.4, -0.2) is 33.0 Å². The van der Waals surface area contributed by atoms with Crippen LogP contribution in [0.25, 0.3) is 0 Å². The first-order valence-corrected chi connectivity index (χ1v) is 10.3. The number of carbonyl (C=O) groups excluding carboxylic acids is 1. The van der Waals surface area contributed by atoms with E-state index in [-0.39, 0.29) is 34.5 Å². The summed E-state index contributed by atoms with van der Waals surface area (Å²) in [4.78, 5) is 12.7. The third-order valence-corrected chi connectivity index (χ3v) is 6.71. The molecular formula is C18H28ClN3O3S. The van der Waals surface area contributed by atoms with Gasteiger partial charge in [0.05, 0.1) is 4.90 Å². The van der Waals surface area contributed by atoms with Crippen LogP contribution < -0.4 is 15.4 Å². The van der Waals surface area contributed by atoms with Crippen molar-refractivity contribution >= 4 is 34.0 Å². The first-order valence-electron chi connectivity index (χ1n) is 8.77. The quantitative estimate of drug-likeness (QED) is 0.723. The summed E-state index contributed by atoms with van der Waals surface area (Å²) in [6.45, 7) is 7.32. The molecule has 146 valence electrons. The molecule has 2 fully saturated rings. The minimum absolute atomic E-state index is 0. The number of rotatable bonds is 4. The maximum Gasteiger partial charge on any atom is 0.241 e. The molecule has 1 atom stereocenters. The van der Waals surface area contributed by atoms with Crippen molar-refractivity contribution in [2.24, 2.45) is 11.3 Å². The van der Waals surface area contributed by atoms with Crippen LogP contribution in [0.1, 0.15) is 40.0 Å². The molecule has 1 saturated heterocycles. The van der Waals surface area contributed by atoms with Gasteiger partial charge in [0.1, 0.15) is 0 Å². The van der Waals surface area contributed by atoms with Crippen molar-refractivity contribution in [1.29, 1.82) is 0 Å². The minimum Gasteiger partial charge on any atom is -0.326 e. The number of hydrogen-bond acceptors (Lipinski definition) is 4. The number of carbonyl (C=O) groups is 1. The SMILES string of the molecule is CC(C)(C)NS(=O)(=O)c1cccc(NC(=O)C2CC23CCNCC3)c1.Cl. The van der Waals surface area contributed by atoms with E-state index < -0.39 is 15.6 Å². The van der Waals surface area contributed by atoms with Gasteiger partial charge in [0.25, 0.3) is 0 Å². The van der Waals surface area contributed by atoms with Crippen molar-refractivity contribution < 1.29 is 13.2 Å². The largest absolute Gasteiger partial charge is 0.326 e. The number of anilines is 1. The molecule has 1 aliphatic heterocycles. The van der Waals surface area contributed by atoms with Gasteiger partial charge in [-0.25, -0.2) is 13.1 Å². The zero-order valence-corrected chi connectivity index (χ0v) is 17.1. The van der Waals surface area contributed by atoms with Gasteiger partial charge in [-0.1, -0.05) is 6.07 Å². The molecule has 0 radical (unpaired) electrons. The second-order valence-electron chi connectivity index (χ2n) is 8.24. The summed E-state index contributed by atoms with van der Waals surface area (Å²) in [6, 6.07) is 6.43. The molecule has 1 saturated carbocycles. The summed E-state index contributed by atoms with van der Waals surface area (Å²) in [5, 5.41) is 6.23. The Morgan fingerprint density at radius 1 is 1.23 bits per heavy atom. The van der Waals surface area contributed by atoms with Crippen LogP contribution in [0.4, 0.5) is 5.69 Å². The van der Waals surface area contributed by atoms with Gasteiger partial charge in [-0.2, -0.15) is 0 Å². The second-order valence-corrected chi connectivity index (χ2v) is 9.92. The standard InChI is InChI=1S/C18H27N3O3S.ClH/c1-17(2,3)21-25(23,24)14-6-4-5-13(11-14)20-16(22)15-12-18(15)7-9-19-10-8-18;/h4-6,11,15,19,21H,7-10,12H2,1-3H3,(H,20,22);1H. The molecule has 3 rings (SSSR count). The number of sulfonamides is 1. The van der Waals surface area contributed by atoms with E-state index in [9.17, 15) is 13.2 Å². The molecule has 3 N–H and O–H groups in total. The van der Waals surface area contributed by atoms with Crippen molar-refractivity contribution in [3.8, 4) is 0 Å². The molecule has 1 aromatic carbocycles. The summed E-state index contributed by atoms with van der Waals surface area (Å²) >= 11 is 0. The molecule has 2 aliphatic rings. The van der Waals surface area contributed by atoms with Gasteiger partial charge in [0, 0.05) is 17.1 Å². The molecule has 1 aromatic rings. The predicted octanol–water partition coefficient (Wildman–Crippen LogP) is 2.51. The van der Waals surface area contributed by atoms with Crippen LogP contribution >= 0.6 is 12.4 Å². The maximum absolute atomic E-state index is 12.5. The second kappa shape index (κ2) is 7.46.